The van der Waals surface area contributed by atoms with Gasteiger partial charge < -0.3 is 10.1 Å². The summed E-state index contributed by atoms with van der Waals surface area (Å²) >= 11 is 1.80. The van der Waals surface area contributed by atoms with Crippen LogP contribution in [0.2, 0.25) is 0 Å². The second-order valence-corrected chi connectivity index (χ2v) is 5.25. The van der Waals surface area contributed by atoms with Crippen LogP contribution in [-0.2, 0) is 11.2 Å². The van der Waals surface area contributed by atoms with Crippen LogP contribution in [0.4, 0.5) is 0 Å². The second-order valence-electron chi connectivity index (χ2n) is 4.15. The Morgan fingerprint density at radius 2 is 2.25 bits per heavy atom. The van der Waals surface area contributed by atoms with Gasteiger partial charge in [0.05, 0.1) is 6.61 Å². The molecule has 1 aliphatic rings. The van der Waals surface area contributed by atoms with Crippen LogP contribution < -0.4 is 5.32 Å². The van der Waals surface area contributed by atoms with Crippen LogP contribution >= 0.6 is 11.3 Å². The number of nitrogens with zero attached hydrogens (tertiary/aromatic N) is 2. The molecule has 0 bridgehead atoms. The third kappa shape index (κ3) is 3.81. The van der Waals surface area contributed by atoms with Crippen LogP contribution in [-0.4, -0.2) is 37.0 Å². The first-order valence-electron chi connectivity index (χ1n) is 5.92. The Balaban J connectivity index is 1.57. The van der Waals surface area contributed by atoms with Crippen LogP contribution in [0.5, 0.6) is 0 Å². The fourth-order valence-corrected chi connectivity index (χ4v) is 2.58. The Morgan fingerprint density at radius 3 is 3.00 bits per heavy atom. The van der Waals surface area contributed by atoms with Crippen molar-refractivity contribution in [1.29, 1.82) is 0 Å². The number of methoxy groups -OCH3 is 1. The van der Waals surface area contributed by atoms with Gasteiger partial charge in [-0.1, -0.05) is 0 Å². The monoisotopic (exact) mass is 241 g/mol. The quantitative estimate of drug-likeness (QED) is 0.702. The van der Waals surface area contributed by atoms with E-state index in [2.05, 4.69) is 15.5 Å². The zero-order valence-electron chi connectivity index (χ0n) is 9.74. The number of nitrogens with one attached hydrogen (secondary N) is 1. The van der Waals surface area contributed by atoms with Crippen molar-refractivity contribution in [3.63, 3.8) is 0 Å². The molecule has 0 radical (unpaired) electrons. The van der Waals surface area contributed by atoms with Gasteiger partial charge in [-0.05, 0) is 25.8 Å². The maximum atomic E-state index is 4.96. The Morgan fingerprint density at radius 1 is 1.38 bits per heavy atom. The maximum absolute atomic E-state index is 4.96. The molecule has 0 saturated heterocycles. The zero-order valence-corrected chi connectivity index (χ0v) is 10.6. The van der Waals surface area contributed by atoms with E-state index in [1.165, 1.54) is 22.9 Å². The fraction of sp³-hybridized carbons (Fsp3) is 0.818. The molecule has 5 heteroatoms. The summed E-state index contributed by atoms with van der Waals surface area (Å²) in [5, 5.41) is 14.2. The molecule has 90 valence electrons. The van der Waals surface area contributed by atoms with E-state index in [0.717, 1.165) is 38.5 Å². The van der Waals surface area contributed by atoms with Crippen LogP contribution in [0.3, 0.4) is 0 Å². The zero-order chi connectivity index (χ0) is 11.2. The van der Waals surface area contributed by atoms with Gasteiger partial charge in [0.15, 0.2) is 0 Å². The van der Waals surface area contributed by atoms with Crippen LogP contribution in [0.1, 0.15) is 35.2 Å². The van der Waals surface area contributed by atoms with Crippen molar-refractivity contribution in [1.82, 2.24) is 15.5 Å². The predicted molar refractivity (Wildman–Crippen MR) is 65.0 cm³/mol. The Hall–Kier alpha value is -0.520. The summed E-state index contributed by atoms with van der Waals surface area (Å²) in [6.07, 6.45) is 4.80. The van der Waals surface area contributed by atoms with Crippen molar-refractivity contribution in [2.75, 3.05) is 26.8 Å². The average Bonchev–Trinajstić information content (AvgIpc) is 3.04. The minimum atomic E-state index is 0.742. The predicted octanol–water partition coefficient (Wildman–Crippen LogP) is 1.58. The number of rotatable bonds is 8. The third-order valence-electron chi connectivity index (χ3n) is 2.64. The van der Waals surface area contributed by atoms with E-state index in [9.17, 15) is 0 Å². The molecule has 1 heterocycles. The summed E-state index contributed by atoms with van der Waals surface area (Å²) in [6, 6.07) is 0. The molecule has 0 aliphatic heterocycles. The highest BCUT2D eigenvalue weighted by molar-refractivity contribution is 7.11. The first-order chi connectivity index (χ1) is 7.90. The maximum Gasteiger partial charge on any atom is 0.120 e. The highest BCUT2D eigenvalue weighted by Crippen LogP contribution is 2.41. The summed E-state index contributed by atoms with van der Waals surface area (Å²) in [7, 11) is 1.72. The summed E-state index contributed by atoms with van der Waals surface area (Å²) in [5.74, 6) is 0.742. The molecule has 1 aromatic heterocycles. The lowest BCUT2D eigenvalue weighted by Gasteiger charge is -2.01. The van der Waals surface area contributed by atoms with Gasteiger partial charge in [0.25, 0.3) is 0 Å². The first kappa shape index (κ1) is 12.0. The van der Waals surface area contributed by atoms with Crippen molar-refractivity contribution in [2.24, 2.45) is 0 Å². The lowest BCUT2D eigenvalue weighted by atomic mass is 10.3. The Bertz CT molecular complexity index is 312. The van der Waals surface area contributed by atoms with E-state index in [1.807, 2.05) is 0 Å². The number of hydrogen-bond donors (Lipinski definition) is 1. The van der Waals surface area contributed by atoms with Crippen LogP contribution in [0.25, 0.3) is 0 Å². The van der Waals surface area contributed by atoms with Crippen molar-refractivity contribution in [3.05, 3.63) is 10.0 Å². The minimum absolute atomic E-state index is 0.742. The summed E-state index contributed by atoms with van der Waals surface area (Å²) in [6.45, 7) is 2.74. The topological polar surface area (TPSA) is 47.0 Å². The SMILES string of the molecule is COCCNCCCc1nnc(C2CC2)s1. The minimum Gasteiger partial charge on any atom is -0.383 e. The molecule has 1 fully saturated rings. The van der Waals surface area contributed by atoms with E-state index >= 15 is 0 Å². The number of aryl methyl sites for hydroxylation is 1. The summed E-state index contributed by atoms with van der Waals surface area (Å²) in [4.78, 5) is 0. The molecule has 1 aromatic rings. The molecule has 16 heavy (non-hydrogen) atoms. The first-order valence-corrected chi connectivity index (χ1v) is 6.73. The molecule has 0 unspecified atom stereocenters. The molecule has 0 spiro atoms. The summed E-state index contributed by atoms with van der Waals surface area (Å²) in [5.41, 5.74) is 0. The molecule has 1 N–H and O–H groups in total. The molecule has 1 saturated carbocycles. The van der Waals surface area contributed by atoms with Gasteiger partial charge in [-0.25, -0.2) is 0 Å². The van der Waals surface area contributed by atoms with E-state index in [4.69, 9.17) is 4.74 Å². The second kappa shape index (κ2) is 6.27. The molecular weight excluding hydrogens is 222 g/mol. The van der Waals surface area contributed by atoms with Crippen LogP contribution in [0.15, 0.2) is 0 Å². The van der Waals surface area contributed by atoms with E-state index in [-0.39, 0.29) is 0 Å². The van der Waals surface area contributed by atoms with E-state index in [0.29, 0.717) is 0 Å². The molecule has 0 aromatic carbocycles. The fourth-order valence-electron chi connectivity index (χ4n) is 1.53. The molecule has 1 aliphatic carbocycles. The van der Waals surface area contributed by atoms with Crippen molar-refractivity contribution < 1.29 is 4.74 Å². The lowest BCUT2D eigenvalue weighted by molar-refractivity contribution is 0.199. The lowest BCUT2D eigenvalue weighted by Crippen LogP contribution is -2.20. The third-order valence-corrected chi connectivity index (χ3v) is 3.78. The Kier molecular flexibility index (Phi) is 4.69. The van der Waals surface area contributed by atoms with E-state index in [1.54, 1.807) is 18.4 Å². The highest BCUT2D eigenvalue weighted by Gasteiger charge is 2.27. The standard InChI is InChI=1S/C11H19N3OS/c1-15-8-7-12-6-2-3-10-13-14-11(16-10)9-4-5-9/h9,12H,2-8H2,1H3. The number of aromatic nitrogens is 2. The van der Waals surface area contributed by atoms with Crippen molar-refractivity contribution in [2.45, 2.75) is 31.6 Å². The van der Waals surface area contributed by atoms with Gasteiger partial charge in [-0.3, -0.25) is 0 Å². The largest absolute Gasteiger partial charge is 0.383 e. The molecule has 0 amide bonds. The molecule has 2 rings (SSSR count). The van der Waals surface area contributed by atoms with E-state index < -0.39 is 0 Å². The molecule has 0 atom stereocenters. The molecule has 4 nitrogen and oxygen atoms in total. The smallest absolute Gasteiger partial charge is 0.120 e. The number of hydrogen-bond acceptors (Lipinski definition) is 5. The van der Waals surface area contributed by atoms with Crippen molar-refractivity contribution >= 4 is 11.3 Å². The normalized spacial score (nSPS) is 15.6. The van der Waals surface area contributed by atoms with Gasteiger partial charge in [0.1, 0.15) is 10.0 Å². The summed E-state index contributed by atoms with van der Waals surface area (Å²) < 4.78 is 4.96. The van der Waals surface area contributed by atoms with Gasteiger partial charge in [0.2, 0.25) is 0 Å². The van der Waals surface area contributed by atoms with Gasteiger partial charge >= 0.3 is 0 Å². The van der Waals surface area contributed by atoms with Crippen molar-refractivity contribution in [3.8, 4) is 0 Å². The van der Waals surface area contributed by atoms with Crippen LogP contribution in [0, 0.1) is 0 Å². The van der Waals surface area contributed by atoms with Gasteiger partial charge in [0, 0.05) is 26.0 Å². The van der Waals surface area contributed by atoms with Gasteiger partial charge in [-0.15, -0.1) is 21.5 Å². The molecular formula is C11H19N3OS. The van der Waals surface area contributed by atoms with Gasteiger partial charge in [-0.2, -0.15) is 0 Å². The Labute approximate surface area is 100 Å². The highest BCUT2D eigenvalue weighted by atomic mass is 32.1. The average molecular weight is 241 g/mol. The number of ether oxygens (including phenoxy) is 1.